The highest BCUT2D eigenvalue weighted by atomic mass is 16.4. The van der Waals surface area contributed by atoms with Gasteiger partial charge in [-0.05, 0) is 25.9 Å². The molecule has 0 aliphatic carbocycles. The minimum atomic E-state index is 0.441. The van der Waals surface area contributed by atoms with Crippen LogP contribution in [0.5, 0.6) is 0 Å². The molecule has 4 heteroatoms. The molecule has 2 N–H and O–H groups in total. The number of nitrogens with two attached hydrogens (primary N) is 1. The first kappa shape index (κ1) is 9.68. The summed E-state index contributed by atoms with van der Waals surface area (Å²) in [4.78, 5) is 6.63. The highest BCUT2D eigenvalue weighted by Gasteiger charge is 2.12. The Morgan fingerprint density at radius 1 is 1.43 bits per heavy atom. The molecule has 0 saturated carbocycles. The molecule has 1 aromatic heterocycles. The molecule has 0 aromatic carbocycles. The summed E-state index contributed by atoms with van der Waals surface area (Å²) >= 11 is 0. The van der Waals surface area contributed by atoms with Crippen LogP contribution in [0.4, 0.5) is 0 Å². The molecule has 2 heterocycles. The van der Waals surface area contributed by atoms with Gasteiger partial charge in [-0.2, -0.15) is 0 Å². The maximum absolute atomic E-state index is 5.44. The largest absolute Gasteiger partial charge is 0.444 e. The van der Waals surface area contributed by atoms with E-state index >= 15 is 0 Å². The SMILES string of the molecule is NCc1cnc(CCN2CCCC2)o1. The van der Waals surface area contributed by atoms with Gasteiger partial charge in [0.1, 0.15) is 5.76 Å². The second-order valence-electron chi connectivity index (χ2n) is 3.72. The molecular formula is C10H17N3O. The topological polar surface area (TPSA) is 55.3 Å². The van der Waals surface area contributed by atoms with Crippen LogP contribution in [0, 0.1) is 0 Å². The van der Waals surface area contributed by atoms with Crippen molar-refractivity contribution >= 4 is 0 Å². The van der Waals surface area contributed by atoms with Gasteiger partial charge in [0.25, 0.3) is 0 Å². The van der Waals surface area contributed by atoms with Crippen molar-refractivity contribution in [1.29, 1.82) is 0 Å². The minimum Gasteiger partial charge on any atom is -0.444 e. The normalized spacial score (nSPS) is 17.8. The number of likely N-dealkylation sites (tertiary alicyclic amines) is 1. The van der Waals surface area contributed by atoms with Crippen LogP contribution in [-0.4, -0.2) is 29.5 Å². The number of hydrogen-bond acceptors (Lipinski definition) is 4. The van der Waals surface area contributed by atoms with E-state index in [-0.39, 0.29) is 0 Å². The van der Waals surface area contributed by atoms with E-state index in [0.717, 1.165) is 24.6 Å². The fourth-order valence-electron chi connectivity index (χ4n) is 1.82. The Morgan fingerprint density at radius 2 is 2.21 bits per heavy atom. The van der Waals surface area contributed by atoms with Crippen LogP contribution in [0.25, 0.3) is 0 Å². The van der Waals surface area contributed by atoms with Crippen molar-refractivity contribution in [2.24, 2.45) is 5.73 Å². The summed E-state index contributed by atoms with van der Waals surface area (Å²) in [6, 6.07) is 0. The van der Waals surface area contributed by atoms with Gasteiger partial charge < -0.3 is 15.1 Å². The van der Waals surface area contributed by atoms with Gasteiger partial charge in [-0.15, -0.1) is 0 Å². The van der Waals surface area contributed by atoms with Crippen LogP contribution in [0.1, 0.15) is 24.5 Å². The average Bonchev–Trinajstić information content (AvgIpc) is 2.86. The van der Waals surface area contributed by atoms with Crippen molar-refractivity contribution in [3.8, 4) is 0 Å². The summed E-state index contributed by atoms with van der Waals surface area (Å²) in [7, 11) is 0. The molecule has 1 aliphatic rings. The lowest BCUT2D eigenvalue weighted by molar-refractivity contribution is 0.325. The van der Waals surface area contributed by atoms with E-state index < -0.39 is 0 Å². The third-order valence-corrected chi connectivity index (χ3v) is 2.64. The van der Waals surface area contributed by atoms with Crippen LogP contribution >= 0.6 is 0 Å². The predicted molar refractivity (Wildman–Crippen MR) is 53.8 cm³/mol. The van der Waals surface area contributed by atoms with E-state index in [2.05, 4.69) is 9.88 Å². The van der Waals surface area contributed by atoms with Crippen LogP contribution < -0.4 is 5.73 Å². The van der Waals surface area contributed by atoms with Crippen molar-refractivity contribution in [1.82, 2.24) is 9.88 Å². The molecular weight excluding hydrogens is 178 g/mol. The van der Waals surface area contributed by atoms with E-state index in [1.165, 1.54) is 25.9 Å². The van der Waals surface area contributed by atoms with Gasteiger partial charge in [0.2, 0.25) is 0 Å². The van der Waals surface area contributed by atoms with Crippen molar-refractivity contribution in [3.63, 3.8) is 0 Å². The quantitative estimate of drug-likeness (QED) is 0.771. The molecule has 1 aliphatic heterocycles. The summed E-state index contributed by atoms with van der Waals surface area (Å²) in [6.07, 6.45) is 5.29. The predicted octanol–water partition coefficient (Wildman–Crippen LogP) is 0.772. The van der Waals surface area contributed by atoms with Gasteiger partial charge in [-0.25, -0.2) is 4.98 Å². The first-order valence-corrected chi connectivity index (χ1v) is 5.24. The molecule has 0 amide bonds. The molecule has 1 aromatic rings. The molecule has 2 rings (SSSR count). The summed E-state index contributed by atoms with van der Waals surface area (Å²) in [5, 5.41) is 0. The van der Waals surface area contributed by atoms with E-state index in [0.29, 0.717) is 6.54 Å². The molecule has 0 atom stereocenters. The monoisotopic (exact) mass is 195 g/mol. The number of aromatic nitrogens is 1. The Balaban J connectivity index is 1.79. The van der Waals surface area contributed by atoms with Gasteiger partial charge in [0.05, 0.1) is 12.7 Å². The smallest absolute Gasteiger partial charge is 0.195 e. The first-order valence-electron chi connectivity index (χ1n) is 5.24. The highest BCUT2D eigenvalue weighted by molar-refractivity contribution is 4.93. The summed E-state index contributed by atoms with van der Waals surface area (Å²) in [6.45, 7) is 3.95. The number of rotatable bonds is 4. The second-order valence-corrected chi connectivity index (χ2v) is 3.72. The number of nitrogens with zero attached hydrogens (tertiary/aromatic N) is 2. The van der Waals surface area contributed by atoms with Crippen LogP contribution in [0.2, 0.25) is 0 Å². The molecule has 1 saturated heterocycles. The summed E-state index contributed by atoms with van der Waals surface area (Å²) in [5.74, 6) is 1.60. The molecule has 1 fully saturated rings. The lowest BCUT2D eigenvalue weighted by atomic mass is 10.4. The van der Waals surface area contributed by atoms with E-state index in [1.54, 1.807) is 6.20 Å². The van der Waals surface area contributed by atoms with E-state index in [1.807, 2.05) is 0 Å². The minimum absolute atomic E-state index is 0.441. The lowest BCUT2D eigenvalue weighted by Gasteiger charge is -2.12. The van der Waals surface area contributed by atoms with Gasteiger partial charge >= 0.3 is 0 Å². The van der Waals surface area contributed by atoms with Crippen molar-refractivity contribution < 1.29 is 4.42 Å². The van der Waals surface area contributed by atoms with E-state index in [4.69, 9.17) is 10.2 Å². The van der Waals surface area contributed by atoms with Crippen LogP contribution in [0.3, 0.4) is 0 Å². The van der Waals surface area contributed by atoms with Crippen molar-refractivity contribution in [3.05, 3.63) is 17.8 Å². The third-order valence-electron chi connectivity index (χ3n) is 2.64. The standard InChI is InChI=1S/C10H17N3O/c11-7-9-8-12-10(14-9)3-6-13-4-1-2-5-13/h8H,1-7,11H2. The zero-order chi connectivity index (χ0) is 9.80. The fourth-order valence-corrected chi connectivity index (χ4v) is 1.82. The van der Waals surface area contributed by atoms with Crippen molar-refractivity contribution in [2.45, 2.75) is 25.8 Å². The Kier molecular flexibility index (Phi) is 3.16. The zero-order valence-corrected chi connectivity index (χ0v) is 8.41. The van der Waals surface area contributed by atoms with Gasteiger partial charge in [-0.1, -0.05) is 0 Å². The second kappa shape index (κ2) is 4.57. The van der Waals surface area contributed by atoms with Crippen molar-refractivity contribution in [2.75, 3.05) is 19.6 Å². The van der Waals surface area contributed by atoms with Gasteiger partial charge in [-0.3, -0.25) is 0 Å². The average molecular weight is 195 g/mol. The molecule has 78 valence electrons. The maximum Gasteiger partial charge on any atom is 0.195 e. The number of hydrogen-bond donors (Lipinski definition) is 1. The molecule has 0 bridgehead atoms. The lowest BCUT2D eigenvalue weighted by Crippen LogP contribution is -2.21. The Hall–Kier alpha value is -0.870. The molecule has 4 nitrogen and oxygen atoms in total. The third kappa shape index (κ3) is 2.33. The highest BCUT2D eigenvalue weighted by Crippen LogP contribution is 2.09. The van der Waals surface area contributed by atoms with Gasteiger partial charge in [0.15, 0.2) is 5.89 Å². The Bertz CT molecular complexity index is 279. The first-order chi connectivity index (χ1) is 6.88. The van der Waals surface area contributed by atoms with E-state index in [9.17, 15) is 0 Å². The fraction of sp³-hybridized carbons (Fsp3) is 0.700. The summed E-state index contributed by atoms with van der Waals surface area (Å²) in [5.41, 5.74) is 5.44. The maximum atomic E-state index is 5.44. The molecule has 14 heavy (non-hydrogen) atoms. The zero-order valence-electron chi connectivity index (χ0n) is 8.41. The molecule has 0 radical (unpaired) electrons. The number of oxazole rings is 1. The molecule has 0 unspecified atom stereocenters. The summed E-state index contributed by atoms with van der Waals surface area (Å²) < 4.78 is 5.43. The van der Waals surface area contributed by atoms with Gasteiger partial charge in [0, 0.05) is 13.0 Å². The van der Waals surface area contributed by atoms with Crippen LogP contribution in [-0.2, 0) is 13.0 Å². The molecule has 0 spiro atoms. The Morgan fingerprint density at radius 3 is 2.86 bits per heavy atom. The van der Waals surface area contributed by atoms with Crippen LogP contribution in [0.15, 0.2) is 10.6 Å². The Labute approximate surface area is 84.1 Å².